The van der Waals surface area contributed by atoms with Crippen LogP contribution in [0.15, 0.2) is 0 Å². The highest BCUT2D eigenvalue weighted by molar-refractivity contribution is 4.75. The summed E-state index contributed by atoms with van der Waals surface area (Å²) in [5.74, 6) is 0.908. The minimum atomic E-state index is 0.761. The van der Waals surface area contributed by atoms with Gasteiger partial charge in [-0.3, -0.25) is 0 Å². The fraction of sp³-hybridized carbons (Fsp3) is 1.00. The van der Waals surface area contributed by atoms with Crippen molar-refractivity contribution in [3.8, 4) is 0 Å². The molecule has 0 bridgehead atoms. The van der Waals surface area contributed by atoms with E-state index < -0.39 is 0 Å². The number of rotatable bonds is 5. The number of likely N-dealkylation sites (tertiary alicyclic amines) is 1. The molecule has 1 N–H and O–H groups in total. The molecule has 14 heavy (non-hydrogen) atoms. The first kappa shape index (κ1) is 12.0. The van der Waals surface area contributed by atoms with Crippen molar-refractivity contribution in [1.29, 1.82) is 0 Å². The van der Waals surface area contributed by atoms with Crippen molar-refractivity contribution < 1.29 is 0 Å². The molecular weight excluding hydrogens is 172 g/mol. The predicted molar refractivity (Wildman–Crippen MR) is 62.6 cm³/mol. The smallest absolute Gasteiger partial charge is 0.00791 e. The van der Waals surface area contributed by atoms with Crippen molar-refractivity contribution in [3.63, 3.8) is 0 Å². The SMILES string of the molecule is CCNCCC(C)N1CCCC(C)C1. The van der Waals surface area contributed by atoms with Gasteiger partial charge in [-0.25, -0.2) is 0 Å². The molecule has 2 atom stereocenters. The molecule has 0 radical (unpaired) electrons. The molecule has 0 aromatic rings. The summed E-state index contributed by atoms with van der Waals surface area (Å²) >= 11 is 0. The number of nitrogens with one attached hydrogen (secondary N) is 1. The van der Waals surface area contributed by atoms with Gasteiger partial charge in [0.2, 0.25) is 0 Å². The second kappa shape index (κ2) is 6.41. The average Bonchev–Trinajstić information content (AvgIpc) is 2.18. The van der Waals surface area contributed by atoms with E-state index in [2.05, 4.69) is 31.0 Å². The Morgan fingerprint density at radius 2 is 2.29 bits per heavy atom. The van der Waals surface area contributed by atoms with E-state index in [9.17, 15) is 0 Å². The van der Waals surface area contributed by atoms with Crippen molar-refractivity contribution in [2.75, 3.05) is 26.2 Å². The van der Waals surface area contributed by atoms with E-state index in [0.29, 0.717) is 0 Å². The Labute approximate surface area is 89.1 Å². The third-order valence-corrected chi connectivity index (χ3v) is 3.30. The van der Waals surface area contributed by atoms with Crippen molar-refractivity contribution in [2.24, 2.45) is 5.92 Å². The first-order valence-corrected chi connectivity index (χ1v) is 6.18. The first-order valence-electron chi connectivity index (χ1n) is 6.18. The topological polar surface area (TPSA) is 15.3 Å². The lowest BCUT2D eigenvalue weighted by atomic mass is 9.98. The highest BCUT2D eigenvalue weighted by Gasteiger charge is 2.20. The third-order valence-electron chi connectivity index (χ3n) is 3.30. The number of nitrogens with zero attached hydrogens (tertiary/aromatic N) is 1. The Kier molecular flexibility index (Phi) is 5.49. The van der Waals surface area contributed by atoms with Gasteiger partial charge in [-0.1, -0.05) is 13.8 Å². The monoisotopic (exact) mass is 198 g/mol. The third kappa shape index (κ3) is 3.97. The van der Waals surface area contributed by atoms with Crippen LogP contribution in [0.3, 0.4) is 0 Å². The van der Waals surface area contributed by atoms with Gasteiger partial charge in [-0.15, -0.1) is 0 Å². The van der Waals surface area contributed by atoms with Crippen LogP contribution < -0.4 is 5.32 Å². The van der Waals surface area contributed by atoms with E-state index in [1.165, 1.54) is 38.9 Å². The van der Waals surface area contributed by atoms with Crippen LogP contribution in [0, 0.1) is 5.92 Å². The molecule has 1 heterocycles. The quantitative estimate of drug-likeness (QED) is 0.681. The van der Waals surface area contributed by atoms with Gasteiger partial charge in [0.15, 0.2) is 0 Å². The summed E-state index contributed by atoms with van der Waals surface area (Å²) in [7, 11) is 0. The summed E-state index contributed by atoms with van der Waals surface area (Å²) in [4.78, 5) is 2.66. The van der Waals surface area contributed by atoms with Gasteiger partial charge in [-0.2, -0.15) is 0 Å². The summed E-state index contributed by atoms with van der Waals surface area (Å²) in [6.45, 7) is 11.8. The molecule has 1 aliphatic heterocycles. The van der Waals surface area contributed by atoms with Crippen molar-refractivity contribution in [2.45, 2.75) is 46.1 Å². The number of piperidine rings is 1. The number of hydrogen-bond donors (Lipinski definition) is 1. The van der Waals surface area contributed by atoms with Crippen LogP contribution >= 0.6 is 0 Å². The van der Waals surface area contributed by atoms with Gasteiger partial charge in [0.05, 0.1) is 0 Å². The minimum Gasteiger partial charge on any atom is -0.317 e. The molecular formula is C12H26N2. The highest BCUT2D eigenvalue weighted by atomic mass is 15.2. The van der Waals surface area contributed by atoms with Crippen LogP contribution in [0.25, 0.3) is 0 Å². The zero-order chi connectivity index (χ0) is 10.4. The van der Waals surface area contributed by atoms with Gasteiger partial charge in [-0.05, 0) is 51.7 Å². The Morgan fingerprint density at radius 3 is 2.93 bits per heavy atom. The Balaban J connectivity index is 2.18. The van der Waals surface area contributed by atoms with E-state index in [1.807, 2.05) is 0 Å². The lowest BCUT2D eigenvalue weighted by molar-refractivity contribution is 0.133. The van der Waals surface area contributed by atoms with Crippen LogP contribution in [0.4, 0.5) is 0 Å². The molecule has 1 rings (SSSR count). The van der Waals surface area contributed by atoms with Gasteiger partial charge in [0.1, 0.15) is 0 Å². The van der Waals surface area contributed by atoms with Crippen LogP contribution in [0.1, 0.15) is 40.0 Å². The fourth-order valence-electron chi connectivity index (χ4n) is 2.30. The summed E-state index contributed by atoms with van der Waals surface area (Å²) < 4.78 is 0. The Morgan fingerprint density at radius 1 is 1.50 bits per heavy atom. The lowest BCUT2D eigenvalue weighted by Gasteiger charge is -2.35. The maximum atomic E-state index is 3.40. The summed E-state index contributed by atoms with van der Waals surface area (Å²) in [5, 5.41) is 3.40. The van der Waals surface area contributed by atoms with Gasteiger partial charge < -0.3 is 10.2 Å². The molecule has 2 unspecified atom stereocenters. The van der Waals surface area contributed by atoms with Crippen LogP contribution in [-0.2, 0) is 0 Å². The molecule has 0 aliphatic carbocycles. The van der Waals surface area contributed by atoms with Gasteiger partial charge in [0, 0.05) is 12.6 Å². The zero-order valence-corrected chi connectivity index (χ0v) is 10.1. The minimum absolute atomic E-state index is 0.761. The normalized spacial score (nSPS) is 26.4. The second-order valence-electron chi connectivity index (χ2n) is 4.73. The van der Waals surface area contributed by atoms with Gasteiger partial charge in [0.25, 0.3) is 0 Å². The van der Waals surface area contributed by atoms with E-state index in [4.69, 9.17) is 0 Å². The van der Waals surface area contributed by atoms with Crippen LogP contribution in [-0.4, -0.2) is 37.1 Å². The standard InChI is InChI=1S/C12H26N2/c1-4-13-8-7-12(3)14-9-5-6-11(2)10-14/h11-13H,4-10H2,1-3H3. The Bertz CT molecular complexity index is 147. The first-order chi connectivity index (χ1) is 6.74. The zero-order valence-electron chi connectivity index (χ0n) is 10.1. The molecule has 0 amide bonds. The second-order valence-corrected chi connectivity index (χ2v) is 4.73. The number of hydrogen-bond acceptors (Lipinski definition) is 2. The van der Waals surface area contributed by atoms with E-state index in [1.54, 1.807) is 0 Å². The van der Waals surface area contributed by atoms with Crippen molar-refractivity contribution >= 4 is 0 Å². The summed E-state index contributed by atoms with van der Waals surface area (Å²) in [5.41, 5.74) is 0. The van der Waals surface area contributed by atoms with E-state index in [-0.39, 0.29) is 0 Å². The maximum Gasteiger partial charge on any atom is 0.00791 e. The van der Waals surface area contributed by atoms with E-state index >= 15 is 0 Å². The van der Waals surface area contributed by atoms with E-state index in [0.717, 1.165) is 18.5 Å². The summed E-state index contributed by atoms with van der Waals surface area (Å²) in [6.07, 6.45) is 4.11. The molecule has 0 aromatic heterocycles. The molecule has 0 aromatic carbocycles. The van der Waals surface area contributed by atoms with Gasteiger partial charge >= 0.3 is 0 Å². The average molecular weight is 198 g/mol. The molecule has 1 aliphatic rings. The summed E-state index contributed by atoms with van der Waals surface area (Å²) in [6, 6.07) is 0.761. The van der Waals surface area contributed by atoms with Crippen molar-refractivity contribution in [3.05, 3.63) is 0 Å². The highest BCUT2D eigenvalue weighted by Crippen LogP contribution is 2.18. The Hall–Kier alpha value is -0.0800. The largest absolute Gasteiger partial charge is 0.317 e. The molecule has 2 heteroatoms. The molecule has 0 saturated carbocycles. The molecule has 84 valence electrons. The van der Waals surface area contributed by atoms with Crippen LogP contribution in [0.2, 0.25) is 0 Å². The molecule has 1 saturated heterocycles. The lowest BCUT2D eigenvalue weighted by Crippen LogP contribution is -2.41. The van der Waals surface area contributed by atoms with Crippen LogP contribution in [0.5, 0.6) is 0 Å². The predicted octanol–water partition coefficient (Wildman–Crippen LogP) is 2.11. The molecule has 2 nitrogen and oxygen atoms in total. The fourth-order valence-corrected chi connectivity index (χ4v) is 2.30. The van der Waals surface area contributed by atoms with Crippen molar-refractivity contribution in [1.82, 2.24) is 10.2 Å². The molecule has 0 spiro atoms. The maximum absolute atomic E-state index is 3.40. The molecule has 1 fully saturated rings.